The van der Waals surface area contributed by atoms with Crippen LogP contribution in [-0.2, 0) is 26.2 Å². The van der Waals surface area contributed by atoms with Crippen molar-refractivity contribution in [3.63, 3.8) is 0 Å². The second kappa shape index (κ2) is 7.92. The average Bonchev–Trinajstić information content (AvgIpc) is 2.60. The predicted octanol–water partition coefficient (Wildman–Crippen LogP) is 3.02. The fourth-order valence-electron chi connectivity index (χ4n) is 1.88. The van der Waals surface area contributed by atoms with Crippen molar-refractivity contribution in [3.05, 3.63) is 64.4 Å². The van der Waals surface area contributed by atoms with Gasteiger partial charge >= 0.3 is 5.97 Å². The van der Waals surface area contributed by atoms with Crippen LogP contribution in [0.25, 0.3) is 0 Å². The molecule has 0 saturated heterocycles. The van der Waals surface area contributed by atoms with E-state index in [-0.39, 0.29) is 22.1 Å². The topological polar surface area (TPSA) is 72.9 Å². The molecule has 0 aliphatic carbocycles. The van der Waals surface area contributed by atoms with Gasteiger partial charge in [-0.15, -0.1) is 0 Å². The summed E-state index contributed by atoms with van der Waals surface area (Å²) in [7, 11) is -1.63. The van der Waals surface area contributed by atoms with Crippen molar-refractivity contribution in [2.45, 2.75) is 11.5 Å². The largest absolute Gasteiger partial charge is 0.457 e. The Balaban J connectivity index is 2.21. The van der Waals surface area contributed by atoms with E-state index in [0.717, 1.165) is 6.07 Å². The summed E-state index contributed by atoms with van der Waals surface area (Å²) in [5, 5.41) is -0.0565. The average molecular weight is 388 g/mol. The Morgan fingerprint density at radius 3 is 2.44 bits per heavy atom. The number of carbonyl (C=O) groups is 1. The highest BCUT2D eigenvalue weighted by Crippen LogP contribution is 2.25. The molecule has 0 aliphatic rings. The third kappa shape index (κ3) is 4.55. The number of rotatable bonds is 6. The Bertz CT molecular complexity index is 871. The normalized spacial score (nSPS) is 11.6. The first-order valence-corrected chi connectivity index (χ1v) is 8.81. The van der Waals surface area contributed by atoms with Gasteiger partial charge in [0.2, 0.25) is 0 Å². The molecule has 134 valence electrons. The van der Waals surface area contributed by atoms with Crippen molar-refractivity contribution < 1.29 is 27.2 Å². The lowest BCUT2D eigenvalue weighted by molar-refractivity contribution is -0.0258. The zero-order valence-corrected chi connectivity index (χ0v) is 15.0. The van der Waals surface area contributed by atoms with Crippen molar-refractivity contribution >= 4 is 27.6 Å². The molecule has 0 heterocycles. The second-order valence-corrected chi connectivity index (χ2v) is 7.26. The molecule has 0 bridgehead atoms. The monoisotopic (exact) mass is 387 g/mol. The summed E-state index contributed by atoms with van der Waals surface area (Å²) in [5.74, 6) is -1.14. The van der Waals surface area contributed by atoms with Crippen LogP contribution in [-0.4, -0.2) is 33.0 Å². The molecule has 0 unspecified atom stereocenters. The molecule has 0 aromatic heterocycles. The second-order valence-electron chi connectivity index (χ2n) is 4.95. The Labute approximate surface area is 149 Å². The Kier molecular flexibility index (Phi) is 6.12. The first-order chi connectivity index (χ1) is 11.8. The SMILES string of the molecule is CON(C)S(=O)(=O)c1cc(C(=O)OCc2ccc(F)cc2)ccc1Cl. The number of hydrogen-bond donors (Lipinski definition) is 0. The molecule has 0 spiro atoms. The van der Waals surface area contributed by atoms with E-state index < -0.39 is 21.8 Å². The standard InChI is InChI=1S/C16H15ClFNO5S/c1-19(23-2)25(21,22)15-9-12(5-8-14(15)17)16(20)24-10-11-3-6-13(18)7-4-11/h3-9H,10H2,1-2H3. The van der Waals surface area contributed by atoms with E-state index in [9.17, 15) is 17.6 Å². The van der Waals surface area contributed by atoms with E-state index in [1.54, 1.807) is 0 Å². The highest BCUT2D eigenvalue weighted by Gasteiger charge is 2.25. The summed E-state index contributed by atoms with van der Waals surface area (Å²) < 4.78 is 43.2. The summed E-state index contributed by atoms with van der Waals surface area (Å²) in [6.07, 6.45) is 0. The van der Waals surface area contributed by atoms with Gasteiger partial charge < -0.3 is 4.74 Å². The Morgan fingerprint density at radius 2 is 1.84 bits per heavy atom. The van der Waals surface area contributed by atoms with Gasteiger partial charge in [0, 0.05) is 7.05 Å². The van der Waals surface area contributed by atoms with Gasteiger partial charge in [0.25, 0.3) is 10.0 Å². The van der Waals surface area contributed by atoms with Crippen LogP contribution in [0, 0.1) is 5.82 Å². The van der Waals surface area contributed by atoms with Gasteiger partial charge in [-0.25, -0.2) is 17.6 Å². The molecule has 2 rings (SSSR count). The first-order valence-electron chi connectivity index (χ1n) is 7.00. The summed E-state index contributed by atoms with van der Waals surface area (Å²) >= 11 is 5.93. The Hall–Kier alpha value is -2.00. The summed E-state index contributed by atoms with van der Waals surface area (Å²) in [6.45, 7) is -0.0816. The molecule has 25 heavy (non-hydrogen) atoms. The van der Waals surface area contributed by atoms with Gasteiger partial charge in [-0.1, -0.05) is 28.2 Å². The number of ether oxygens (including phenoxy) is 1. The van der Waals surface area contributed by atoms with E-state index in [0.29, 0.717) is 10.0 Å². The van der Waals surface area contributed by atoms with Crippen LogP contribution >= 0.6 is 11.6 Å². The first kappa shape index (κ1) is 19.3. The van der Waals surface area contributed by atoms with E-state index >= 15 is 0 Å². The molecule has 9 heteroatoms. The number of esters is 1. The van der Waals surface area contributed by atoms with Crippen molar-refractivity contribution in [2.75, 3.05) is 14.2 Å². The maximum Gasteiger partial charge on any atom is 0.338 e. The summed E-state index contributed by atoms with van der Waals surface area (Å²) in [6, 6.07) is 9.20. The molecule has 0 saturated carbocycles. The lowest BCUT2D eigenvalue weighted by Crippen LogP contribution is -2.26. The summed E-state index contributed by atoms with van der Waals surface area (Å²) in [4.78, 5) is 16.5. The molecule has 2 aromatic carbocycles. The van der Waals surface area contributed by atoms with Crippen molar-refractivity contribution in [1.82, 2.24) is 4.47 Å². The van der Waals surface area contributed by atoms with Crippen LogP contribution in [0.4, 0.5) is 4.39 Å². The third-order valence-electron chi connectivity index (χ3n) is 3.32. The van der Waals surface area contributed by atoms with Crippen LogP contribution < -0.4 is 0 Å². The highest BCUT2D eigenvalue weighted by molar-refractivity contribution is 7.89. The van der Waals surface area contributed by atoms with Crippen molar-refractivity contribution in [2.24, 2.45) is 0 Å². The number of nitrogens with zero attached hydrogens (tertiary/aromatic N) is 1. The molecule has 0 fully saturated rings. The summed E-state index contributed by atoms with van der Waals surface area (Å²) in [5.41, 5.74) is 0.602. The molecule has 2 aromatic rings. The van der Waals surface area contributed by atoms with E-state index in [1.165, 1.54) is 50.6 Å². The molecule has 0 atom stereocenters. The minimum atomic E-state index is -4.02. The third-order valence-corrected chi connectivity index (χ3v) is 5.48. The van der Waals surface area contributed by atoms with E-state index in [1.807, 2.05) is 0 Å². The van der Waals surface area contributed by atoms with Gasteiger partial charge in [0.1, 0.15) is 17.3 Å². The molecular formula is C16H15ClFNO5S. The minimum Gasteiger partial charge on any atom is -0.457 e. The van der Waals surface area contributed by atoms with Crippen LogP contribution in [0.1, 0.15) is 15.9 Å². The van der Waals surface area contributed by atoms with Crippen LogP contribution in [0.15, 0.2) is 47.4 Å². The molecular weight excluding hydrogens is 373 g/mol. The van der Waals surface area contributed by atoms with Gasteiger partial charge in [-0.3, -0.25) is 4.84 Å². The van der Waals surface area contributed by atoms with Crippen molar-refractivity contribution in [1.29, 1.82) is 0 Å². The molecule has 0 N–H and O–H groups in total. The van der Waals surface area contributed by atoms with Crippen molar-refractivity contribution in [3.8, 4) is 0 Å². The predicted molar refractivity (Wildman–Crippen MR) is 88.9 cm³/mol. The van der Waals surface area contributed by atoms with E-state index in [2.05, 4.69) is 4.84 Å². The zero-order valence-electron chi connectivity index (χ0n) is 13.4. The number of halogens is 2. The van der Waals surface area contributed by atoms with Crippen LogP contribution in [0.2, 0.25) is 5.02 Å². The fourth-order valence-corrected chi connectivity index (χ4v) is 3.35. The maximum absolute atomic E-state index is 12.8. The van der Waals surface area contributed by atoms with E-state index in [4.69, 9.17) is 16.3 Å². The minimum absolute atomic E-state index is 0.00888. The number of hydrogen-bond acceptors (Lipinski definition) is 5. The molecule has 0 aliphatic heterocycles. The smallest absolute Gasteiger partial charge is 0.338 e. The fraction of sp³-hybridized carbons (Fsp3) is 0.188. The highest BCUT2D eigenvalue weighted by atomic mass is 35.5. The Morgan fingerprint density at radius 1 is 1.20 bits per heavy atom. The molecule has 0 amide bonds. The van der Waals surface area contributed by atoms with Gasteiger partial charge in [0.05, 0.1) is 17.7 Å². The maximum atomic E-state index is 12.8. The number of benzene rings is 2. The number of hydroxylamine groups is 1. The lowest BCUT2D eigenvalue weighted by atomic mass is 10.2. The van der Waals surface area contributed by atoms with Crippen LogP contribution in [0.5, 0.6) is 0 Å². The molecule has 0 radical (unpaired) electrons. The number of sulfonamides is 1. The van der Waals surface area contributed by atoms with Gasteiger partial charge in [-0.2, -0.15) is 0 Å². The lowest BCUT2D eigenvalue weighted by Gasteiger charge is -2.15. The zero-order chi connectivity index (χ0) is 18.6. The van der Waals surface area contributed by atoms with Gasteiger partial charge in [0.15, 0.2) is 0 Å². The molecule has 6 nitrogen and oxygen atoms in total. The van der Waals surface area contributed by atoms with Crippen LogP contribution in [0.3, 0.4) is 0 Å². The quantitative estimate of drug-likeness (QED) is 0.562. The van der Waals surface area contributed by atoms with Gasteiger partial charge in [-0.05, 0) is 35.9 Å². The number of carbonyl (C=O) groups excluding carboxylic acids is 1.